The second kappa shape index (κ2) is 8.86. The maximum absolute atomic E-state index is 13.0. The Morgan fingerprint density at radius 3 is 2.79 bits per heavy atom. The minimum absolute atomic E-state index is 0.0407. The highest BCUT2D eigenvalue weighted by Crippen LogP contribution is 2.53. The molecule has 0 saturated heterocycles. The highest BCUT2D eigenvalue weighted by Gasteiger charge is 2.44. The number of hydrogen-bond acceptors (Lipinski definition) is 3. The van der Waals surface area contributed by atoms with Gasteiger partial charge < -0.3 is 10.1 Å². The number of benzene rings is 2. The average Bonchev–Trinajstić information content (AvgIpc) is 3.02. The summed E-state index contributed by atoms with van der Waals surface area (Å²) in [5, 5.41) is 2.99. The standard InChI is InChI=1S/C29H30N2O2/c1-3-29-15-13-22(21-8-5-4-6-9-21)18-24(29)14-17-33-27-19-23(11-12-25(27)29)28(32)31-26-10-7-16-30-20(26)2/h4-13,16,19,24H,3,14-15,17-18H2,1-2H3,(H,31,32). The van der Waals surface area contributed by atoms with E-state index in [1.807, 2.05) is 31.2 Å². The first-order chi connectivity index (χ1) is 16.1. The number of carbonyl (C=O) groups is 1. The van der Waals surface area contributed by atoms with Gasteiger partial charge in [-0.25, -0.2) is 0 Å². The fraction of sp³-hybridized carbons (Fsp3) is 0.310. The summed E-state index contributed by atoms with van der Waals surface area (Å²) in [6.45, 7) is 4.85. The lowest BCUT2D eigenvalue weighted by atomic mass is 9.60. The summed E-state index contributed by atoms with van der Waals surface area (Å²) in [5.74, 6) is 1.23. The van der Waals surface area contributed by atoms with Crippen molar-refractivity contribution >= 4 is 17.2 Å². The molecule has 1 N–H and O–H groups in total. The van der Waals surface area contributed by atoms with Crippen LogP contribution in [0.5, 0.6) is 5.75 Å². The predicted octanol–water partition coefficient (Wildman–Crippen LogP) is 6.57. The molecule has 2 heterocycles. The molecule has 0 saturated carbocycles. The van der Waals surface area contributed by atoms with Crippen LogP contribution in [0.25, 0.3) is 5.57 Å². The Kier molecular flexibility index (Phi) is 5.76. The van der Waals surface area contributed by atoms with Crippen molar-refractivity contribution in [3.63, 3.8) is 0 Å². The molecule has 1 aliphatic heterocycles. The molecular formula is C29H30N2O2. The van der Waals surface area contributed by atoms with Crippen LogP contribution < -0.4 is 10.1 Å². The summed E-state index contributed by atoms with van der Waals surface area (Å²) in [6, 6.07) is 20.4. The van der Waals surface area contributed by atoms with Crippen molar-refractivity contribution in [2.75, 3.05) is 11.9 Å². The molecule has 5 rings (SSSR count). The van der Waals surface area contributed by atoms with Crippen molar-refractivity contribution in [1.29, 1.82) is 0 Å². The Bertz CT molecular complexity index is 1200. The fourth-order valence-electron chi connectivity index (χ4n) is 5.55. The Hall–Kier alpha value is -3.40. The fourth-order valence-corrected chi connectivity index (χ4v) is 5.55. The molecular weight excluding hydrogens is 408 g/mol. The number of aromatic nitrogens is 1. The molecule has 1 aliphatic carbocycles. The Morgan fingerprint density at radius 2 is 2.00 bits per heavy atom. The van der Waals surface area contributed by atoms with E-state index in [0.29, 0.717) is 18.1 Å². The molecule has 2 atom stereocenters. The number of rotatable bonds is 4. The van der Waals surface area contributed by atoms with Gasteiger partial charge in [-0.2, -0.15) is 0 Å². The van der Waals surface area contributed by atoms with Crippen molar-refractivity contribution in [1.82, 2.24) is 4.98 Å². The molecule has 1 aromatic heterocycles. The number of fused-ring (bicyclic) bond motifs is 3. The number of aryl methyl sites for hydroxylation is 1. The normalized spacial score (nSPS) is 21.6. The van der Waals surface area contributed by atoms with Gasteiger partial charge in [-0.15, -0.1) is 0 Å². The van der Waals surface area contributed by atoms with E-state index in [-0.39, 0.29) is 11.3 Å². The number of ether oxygens (including phenoxy) is 1. The Balaban J connectivity index is 1.46. The van der Waals surface area contributed by atoms with Crippen molar-refractivity contribution in [2.24, 2.45) is 5.92 Å². The van der Waals surface area contributed by atoms with Gasteiger partial charge in [0.05, 0.1) is 18.0 Å². The maximum Gasteiger partial charge on any atom is 0.255 e. The number of anilines is 1. The first kappa shape index (κ1) is 21.4. The van der Waals surface area contributed by atoms with Crippen LogP contribution in [-0.4, -0.2) is 17.5 Å². The minimum atomic E-state index is -0.140. The summed E-state index contributed by atoms with van der Waals surface area (Å²) in [6.07, 6.45) is 8.27. The van der Waals surface area contributed by atoms with Crippen molar-refractivity contribution < 1.29 is 9.53 Å². The van der Waals surface area contributed by atoms with Crippen LogP contribution in [0.1, 0.15) is 59.8 Å². The molecule has 4 nitrogen and oxygen atoms in total. The molecule has 2 aromatic carbocycles. The van der Waals surface area contributed by atoms with Crippen LogP contribution >= 0.6 is 0 Å². The van der Waals surface area contributed by atoms with E-state index >= 15 is 0 Å². The Morgan fingerprint density at radius 1 is 1.15 bits per heavy atom. The maximum atomic E-state index is 13.0. The quantitative estimate of drug-likeness (QED) is 0.501. The third kappa shape index (κ3) is 3.95. The second-order valence-electron chi connectivity index (χ2n) is 9.15. The molecule has 0 radical (unpaired) electrons. The van der Waals surface area contributed by atoms with Crippen LogP contribution in [0.3, 0.4) is 0 Å². The molecule has 0 spiro atoms. The first-order valence-electron chi connectivity index (χ1n) is 11.9. The highest BCUT2D eigenvalue weighted by atomic mass is 16.5. The first-order valence-corrected chi connectivity index (χ1v) is 11.9. The molecule has 168 valence electrons. The lowest BCUT2D eigenvalue weighted by Crippen LogP contribution is -2.36. The van der Waals surface area contributed by atoms with E-state index in [2.05, 4.69) is 59.7 Å². The molecule has 3 aromatic rings. The number of nitrogens with zero attached hydrogens (tertiary/aromatic N) is 1. The summed E-state index contributed by atoms with van der Waals surface area (Å²) in [7, 11) is 0. The van der Waals surface area contributed by atoms with Gasteiger partial charge in [-0.05, 0) is 73.9 Å². The average molecular weight is 439 g/mol. The molecule has 2 unspecified atom stereocenters. The highest BCUT2D eigenvalue weighted by molar-refractivity contribution is 6.04. The van der Waals surface area contributed by atoms with Crippen molar-refractivity contribution in [2.45, 2.75) is 44.9 Å². The van der Waals surface area contributed by atoms with Crippen LogP contribution in [0.4, 0.5) is 5.69 Å². The zero-order valence-corrected chi connectivity index (χ0v) is 19.3. The number of nitrogens with one attached hydrogen (secondary N) is 1. The second-order valence-corrected chi connectivity index (χ2v) is 9.15. The molecule has 0 fully saturated rings. The van der Waals surface area contributed by atoms with Gasteiger partial charge in [-0.1, -0.05) is 49.4 Å². The van der Waals surface area contributed by atoms with Crippen molar-refractivity contribution in [3.8, 4) is 5.75 Å². The smallest absolute Gasteiger partial charge is 0.255 e. The van der Waals surface area contributed by atoms with Gasteiger partial charge in [-0.3, -0.25) is 9.78 Å². The van der Waals surface area contributed by atoms with E-state index in [0.717, 1.165) is 42.8 Å². The van der Waals surface area contributed by atoms with E-state index in [9.17, 15) is 4.79 Å². The molecule has 0 bridgehead atoms. The lowest BCUT2D eigenvalue weighted by molar-refractivity contribution is 0.102. The van der Waals surface area contributed by atoms with Gasteiger partial charge >= 0.3 is 0 Å². The number of hydrogen-bond donors (Lipinski definition) is 1. The number of carbonyl (C=O) groups excluding carboxylic acids is 1. The lowest BCUT2D eigenvalue weighted by Gasteiger charge is -2.43. The van der Waals surface area contributed by atoms with Crippen LogP contribution in [0.2, 0.25) is 0 Å². The van der Waals surface area contributed by atoms with E-state index in [4.69, 9.17) is 4.74 Å². The van der Waals surface area contributed by atoms with E-state index in [1.54, 1.807) is 6.20 Å². The molecule has 33 heavy (non-hydrogen) atoms. The summed E-state index contributed by atoms with van der Waals surface area (Å²) in [5.41, 5.74) is 6.19. The molecule has 4 heteroatoms. The number of allylic oxidation sites excluding steroid dienone is 2. The van der Waals surface area contributed by atoms with Gasteiger partial charge in [0.2, 0.25) is 0 Å². The van der Waals surface area contributed by atoms with Crippen LogP contribution in [-0.2, 0) is 5.41 Å². The van der Waals surface area contributed by atoms with Gasteiger partial charge in [0.1, 0.15) is 5.75 Å². The van der Waals surface area contributed by atoms with Crippen molar-refractivity contribution in [3.05, 3.63) is 95.3 Å². The summed E-state index contributed by atoms with van der Waals surface area (Å²) < 4.78 is 6.26. The number of amides is 1. The summed E-state index contributed by atoms with van der Waals surface area (Å²) >= 11 is 0. The van der Waals surface area contributed by atoms with Gasteiger partial charge in [0.25, 0.3) is 5.91 Å². The monoisotopic (exact) mass is 438 g/mol. The van der Waals surface area contributed by atoms with Crippen LogP contribution in [0, 0.1) is 12.8 Å². The third-order valence-corrected chi connectivity index (χ3v) is 7.50. The SMILES string of the molecule is CCC12CC=C(c3ccccc3)CC1CCOc1cc(C(=O)Nc3cccnc3C)ccc12. The third-order valence-electron chi connectivity index (χ3n) is 7.50. The summed E-state index contributed by atoms with van der Waals surface area (Å²) in [4.78, 5) is 17.2. The predicted molar refractivity (Wildman–Crippen MR) is 133 cm³/mol. The molecule has 2 aliphatic rings. The van der Waals surface area contributed by atoms with Gasteiger partial charge in [0, 0.05) is 22.7 Å². The van der Waals surface area contributed by atoms with E-state index in [1.165, 1.54) is 16.7 Å². The molecule has 1 amide bonds. The Labute approximate surface area is 195 Å². The zero-order valence-electron chi connectivity index (χ0n) is 19.3. The van der Waals surface area contributed by atoms with Crippen LogP contribution in [0.15, 0.2) is 72.9 Å². The van der Waals surface area contributed by atoms with Gasteiger partial charge in [0.15, 0.2) is 0 Å². The number of pyridine rings is 1. The largest absolute Gasteiger partial charge is 0.493 e. The minimum Gasteiger partial charge on any atom is -0.493 e. The zero-order chi connectivity index (χ0) is 22.8. The topological polar surface area (TPSA) is 51.2 Å². The van der Waals surface area contributed by atoms with E-state index < -0.39 is 0 Å².